The molecule has 0 aliphatic heterocycles. The van der Waals surface area contributed by atoms with Crippen molar-refractivity contribution in [2.24, 2.45) is 5.73 Å². The summed E-state index contributed by atoms with van der Waals surface area (Å²) in [6, 6.07) is -0.804. The molecule has 3 N–H and O–H groups in total. The van der Waals surface area contributed by atoms with Crippen LogP contribution in [0.2, 0.25) is 0 Å². The lowest BCUT2D eigenvalue weighted by molar-refractivity contribution is -0.138. The number of hydrogen-bond acceptors (Lipinski definition) is 2. The molecule has 1 atom stereocenters. The topological polar surface area (TPSA) is 99.7 Å². The molecule has 0 aromatic heterocycles. The van der Waals surface area contributed by atoms with Crippen LogP contribution in [0.4, 0.5) is 0 Å². The van der Waals surface area contributed by atoms with Gasteiger partial charge in [0.2, 0.25) is 0 Å². The molecular formula is C6H11N3O2. The average molecular weight is 157 g/mol. The van der Waals surface area contributed by atoms with E-state index in [-0.39, 0.29) is 0 Å². The van der Waals surface area contributed by atoms with Gasteiger partial charge in [-0.15, -0.1) is 0 Å². The van der Waals surface area contributed by atoms with Crippen molar-refractivity contribution in [3.8, 4) is 0 Å². The molecule has 62 valence electrons. The Bertz CT molecular complexity index is 175. The van der Waals surface area contributed by atoms with Crippen LogP contribution >= 0.6 is 0 Å². The molecule has 0 fully saturated rings. The van der Waals surface area contributed by atoms with E-state index >= 15 is 0 Å². The molecule has 0 heterocycles. The lowest BCUT2D eigenvalue weighted by atomic mass is 10.1. The van der Waals surface area contributed by atoms with E-state index in [4.69, 9.17) is 16.4 Å². The van der Waals surface area contributed by atoms with Gasteiger partial charge in [0.1, 0.15) is 6.04 Å². The van der Waals surface area contributed by atoms with Gasteiger partial charge in [-0.1, -0.05) is 0 Å². The molecule has 0 aliphatic carbocycles. The van der Waals surface area contributed by atoms with Crippen molar-refractivity contribution in [1.29, 1.82) is 0 Å². The summed E-state index contributed by atoms with van der Waals surface area (Å²) >= 11 is 0. The van der Waals surface area contributed by atoms with Gasteiger partial charge in [0, 0.05) is 6.42 Å². The van der Waals surface area contributed by atoms with Gasteiger partial charge in [-0.3, -0.25) is 4.79 Å². The normalized spacial score (nSPS) is 11.7. The zero-order valence-electron chi connectivity index (χ0n) is 6.10. The molecule has 5 heteroatoms. The molecular weight excluding hydrogens is 146 g/mol. The van der Waals surface area contributed by atoms with Crippen LogP contribution < -0.4 is 5.73 Å². The fraction of sp³-hybridized carbons (Fsp3) is 0.667. The van der Waals surface area contributed by atoms with Gasteiger partial charge >= 0.3 is 5.97 Å². The van der Waals surface area contributed by atoms with E-state index in [9.17, 15) is 4.79 Å². The molecule has 0 rings (SSSR count). The molecule has 0 radical (unpaired) electrons. The van der Waals surface area contributed by atoms with Crippen molar-refractivity contribution in [2.45, 2.75) is 25.3 Å². The summed E-state index contributed by atoms with van der Waals surface area (Å²) in [6.07, 6.45) is 2.89. The van der Waals surface area contributed by atoms with Crippen molar-refractivity contribution in [2.75, 3.05) is 0 Å². The minimum atomic E-state index is -0.995. The molecule has 0 bridgehead atoms. The number of carboxylic acids is 1. The largest absolute Gasteiger partial charge is 0.480 e. The monoisotopic (exact) mass is 157 g/mol. The zero-order chi connectivity index (χ0) is 8.69. The van der Waals surface area contributed by atoms with E-state index in [1.807, 2.05) is 0 Å². The van der Waals surface area contributed by atoms with Crippen LogP contribution in [0.1, 0.15) is 19.3 Å². The number of unbranched alkanes of at least 4 members (excludes halogenated alkanes) is 1. The number of rotatable bonds is 5. The molecule has 0 amide bonds. The zero-order valence-corrected chi connectivity index (χ0v) is 6.10. The van der Waals surface area contributed by atoms with Gasteiger partial charge in [-0.05, 0) is 12.8 Å². The van der Waals surface area contributed by atoms with Crippen LogP contribution in [-0.2, 0) is 4.79 Å². The molecule has 1 unspecified atom stereocenters. The Morgan fingerprint density at radius 1 is 1.82 bits per heavy atom. The third-order valence-electron chi connectivity index (χ3n) is 1.25. The summed E-state index contributed by atoms with van der Waals surface area (Å²) in [6.45, 7) is 0. The Morgan fingerprint density at radius 2 is 2.45 bits per heavy atom. The van der Waals surface area contributed by atoms with E-state index in [0.29, 0.717) is 19.3 Å². The molecule has 0 aromatic carbocycles. The van der Waals surface area contributed by atoms with Crippen molar-refractivity contribution in [1.82, 2.24) is 0 Å². The second-order valence-corrected chi connectivity index (χ2v) is 2.17. The van der Waals surface area contributed by atoms with Crippen molar-refractivity contribution < 1.29 is 14.7 Å². The Hall–Kier alpha value is -1.19. The first-order chi connectivity index (χ1) is 5.18. The number of carbonyl (C=O) groups is 1. The maximum Gasteiger partial charge on any atom is 0.320 e. The fourth-order valence-electron chi connectivity index (χ4n) is 0.610. The van der Waals surface area contributed by atoms with E-state index in [0.717, 1.165) is 0 Å². The number of hydrogen-bond donors (Lipinski definition) is 2. The van der Waals surface area contributed by atoms with Crippen LogP contribution in [0.25, 0.3) is 5.53 Å². The average Bonchev–Trinajstić information content (AvgIpc) is 1.97. The summed E-state index contributed by atoms with van der Waals surface area (Å²) in [4.78, 5) is 12.9. The van der Waals surface area contributed by atoms with Crippen LogP contribution in [0.5, 0.6) is 0 Å². The van der Waals surface area contributed by atoms with Gasteiger partial charge in [-0.25, -0.2) is 0 Å². The summed E-state index contributed by atoms with van der Waals surface area (Å²) in [5.74, 6) is -0.995. The Morgan fingerprint density at radius 3 is 2.91 bits per heavy atom. The third-order valence-corrected chi connectivity index (χ3v) is 1.25. The number of nitrogens with two attached hydrogens (primary N) is 1. The number of nitrogens with zero attached hydrogens (tertiary/aromatic N) is 2. The van der Waals surface area contributed by atoms with Crippen LogP contribution in [0.15, 0.2) is 0 Å². The highest BCUT2D eigenvalue weighted by molar-refractivity contribution is 5.73. The fourth-order valence-corrected chi connectivity index (χ4v) is 0.610. The second-order valence-electron chi connectivity index (χ2n) is 2.17. The first-order valence-electron chi connectivity index (χ1n) is 3.32. The first-order valence-corrected chi connectivity index (χ1v) is 3.32. The lowest BCUT2D eigenvalue weighted by Crippen LogP contribution is -2.29. The molecule has 11 heavy (non-hydrogen) atoms. The minimum absolute atomic E-state index is 0.404. The maximum atomic E-state index is 10.2. The first kappa shape index (κ1) is 9.81. The molecule has 0 aromatic rings. The molecule has 5 nitrogen and oxygen atoms in total. The highest BCUT2D eigenvalue weighted by Gasteiger charge is 2.09. The smallest absolute Gasteiger partial charge is 0.320 e. The van der Waals surface area contributed by atoms with Crippen molar-refractivity contribution in [3.05, 3.63) is 5.53 Å². The summed E-state index contributed by atoms with van der Waals surface area (Å²) < 4.78 is 0. The highest BCUT2D eigenvalue weighted by Crippen LogP contribution is 1.96. The standard InChI is InChI=1S/C6H11N3O2/c7-5(6(10)11)3-1-2-4-9-8/h4-5H,1-3,7H2,(H,10,11). The second kappa shape index (κ2) is 5.58. The quantitative estimate of drug-likeness (QED) is 0.251. The van der Waals surface area contributed by atoms with Gasteiger partial charge in [0.15, 0.2) is 0 Å². The van der Waals surface area contributed by atoms with Crippen LogP contribution in [0, 0.1) is 0 Å². The van der Waals surface area contributed by atoms with Crippen LogP contribution in [-0.4, -0.2) is 28.1 Å². The Labute approximate surface area is 64.4 Å². The lowest BCUT2D eigenvalue weighted by Gasteiger charge is -2.01. The number of carboxylic acid groups (broad SMARTS) is 1. The van der Waals surface area contributed by atoms with Crippen molar-refractivity contribution in [3.63, 3.8) is 0 Å². The van der Waals surface area contributed by atoms with E-state index < -0.39 is 12.0 Å². The SMILES string of the molecule is [N-]=[N+]=CCCCC(N)C(=O)O. The Kier molecular flexibility index (Phi) is 4.98. The van der Waals surface area contributed by atoms with Gasteiger partial charge < -0.3 is 16.4 Å². The van der Waals surface area contributed by atoms with E-state index in [2.05, 4.69) is 4.79 Å². The number of aliphatic carboxylic acids is 1. The van der Waals surface area contributed by atoms with Gasteiger partial charge in [0.25, 0.3) is 6.21 Å². The minimum Gasteiger partial charge on any atom is -0.480 e. The molecule has 0 saturated carbocycles. The predicted molar refractivity (Wildman–Crippen MR) is 39.1 cm³/mol. The summed E-state index contributed by atoms with van der Waals surface area (Å²) in [7, 11) is 0. The Balaban J connectivity index is 3.38. The molecule has 0 aliphatic rings. The third kappa shape index (κ3) is 5.26. The van der Waals surface area contributed by atoms with Crippen molar-refractivity contribution >= 4 is 12.2 Å². The maximum absolute atomic E-state index is 10.2. The van der Waals surface area contributed by atoms with Gasteiger partial charge in [0.05, 0.1) is 0 Å². The predicted octanol–water partition coefficient (Wildman–Crippen LogP) is -0.131. The molecule has 0 saturated heterocycles. The summed E-state index contributed by atoms with van der Waals surface area (Å²) in [5.41, 5.74) is 13.2. The van der Waals surface area contributed by atoms with Gasteiger partial charge in [-0.2, -0.15) is 4.79 Å². The van der Waals surface area contributed by atoms with E-state index in [1.54, 1.807) is 0 Å². The van der Waals surface area contributed by atoms with E-state index in [1.165, 1.54) is 6.21 Å². The summed E-state index contributed by atoms with van der Waals surface area (Å²) in [5, 5.41) is 8.33. The highest BCUT2D eigenvalue weighted by atomic mass is 16.4. The molecule has 0 spiro atoms. The van der Waals surface area contributed by atoms with Crippen LogP contribution in [0.3, 0.4) is 0 Å².